The summed E-state index contributed by atoms with van der Waals surface area (Å²) in [4.78, 5) is 11.4. The van der Waals surface area contributed by atoms with Crippen molar-refractivity contribution < 1.29 is 9.53 Å². The summed E-state index contributed by atoms with van der Waals surface area (Å²) in [6.45, 7) is 5.94. The molecule has 0 aliphatic heterocycles. The molecule has 0 heterocycles. The highest BCUT2D eigenvalue weighted by molar-refractivity contribution is 5.91. The number of nitrogens with one attached hydrogen (secondary N) is 2. The maximum atomic E-state index is 11.4. The SMILES string of the molecule is COCC(=O)Nc1ccc(NCC(CN)C(C)C)cc1. The van der Waals surface area contributed by atoms with E-state index in [2.05, 4.69) is 24.5 Å². The van der Waals surface area contributed by atoms with Crippen LogP contribution in [-0.2, 0) is 9.53 Å². The number of hydrogen-bond donors (Lipinski definition) is 3. The Hall–Kier alpha value is -1.59. The van der Waals surface area contributed by atoms with E-state index in [0.717, 1.165) is 17.9 Å². The lowest BCUT2D eigenvalue weighted by Gasteiger charge is -2.20. The van der Waals surface area contributed by atoms with Crippen LogP contribution in [0.15, 0.2) is 24.3 Å². The Bertz CT molecular complexity index is 404. The first kappa shape index (κ1) is 16.5. The lowest BCUT2D eigenvalue weighted by Crippen LogP contribution is -2.27. The average molecular weight is 279 g/mol. The third kappa shape index (κ3) is 5.59. The summed E-state index contributed by atoms with van der Waals surface area (Å²) < 4.78 is 4.76. The number of carbonyl (C=O) groups excluding carboxylic acids is 1. The first-order valence-corrected chi connectivity index (χ1v) is 6.89. The van der Waals surface area contributed by atoms with Gasteiger partial charge in [-0.05, 0) is 42.6 Å². The van der Waals surface area contributed by atoms with E-state index in [0.29, 0.717) is 18.4 Å². The van der Waals surface area contributed by atoms with Crippen LogP contribution in [0.4, 0.5) is 11.4 Å². The maximum absolute atomic E-state index is 11.4. The van der Waals surface area contributed by atoms with E-state index >= 15 is 0 Å². The molecule has 1 aromatic carbocycles. The van der Waals surface area contributed by atoms with Crippen LogP contribution in [0.1, 0.15) is 13.8 Å². The third-order valence-corrected chi connectivity index (χ3v) is 3.26. The fraction of sp³-hybridized carbons (Fsp3) is 0.533. The van der Waals surface area contributed by atoms with Crippen LogP contribution in [0.2, 0.25) is 0 Å². The Morgan fingerprint density at radius 3 is 2.35 bits per heavy atom. The molecule has 1 aromatic rings. The van der Waals surface area contributed by atoms with Crippen LogP contribution in [0.3, 0.4) is 0 Å². The summed E-state index contributed by atoms with van der Waals surface area (Å²) in [7, 11) is 1.50. The van der Waals surface area contributed by atoms with Gasteiger partial charge in [-0.1, -0.05) is 13.8 Å². The summed E-state index contributed by atoms with van der Waals surface area (Å²) >= 11 is 0. The second-order valence-corrected chi connectivity index (χ2v) is 5.18. The molecule has 0 aromatic heterocycles. The van der Waals surface area contributed by atoms with Gasteiger partial charge in [-0.3, -0.25) is 4.79 Å². The van der Waals surface area contributed by atoms with E-state index in [9.17, 15) is 4.79 Å². The largest absolute Gasteiger partial charge is 0.385 e. The lowest BCUT2D eigenvalue weighted by atomic mass is 9.96. The monoisotopic (exact) mass is 279 g/mol. The second-order valence-electron chi connectivity index (χ2n) is 5.18. The minimum Gasteiger partial charge on any atom is -0.385 e. The zero-order chi connectivity index (χ0) is 15.0. The second kappa shape index (κ2) is 8.55. The van der Waals surface area contributed by atoms with Crippen molar-refractivity contribution in [3.05, 3.63) is 24.3 Å². The van der Waals surface area contributed by atoms with Crippen molar-refractivity contribution in [1.29, 1.82) is 0 Å². The van der Waals surface area contributed by atoms with Gasteiger partial charge in [0.1, 0.15) is 6.61 Å². The van der Waals surface area contributed by atoms with Crippen LogP contribution >= 0.6 is 0 Å². The Balaban J connectivity index is 2.48. The highest BCUT2D eigenvalue weighted by atomic mass is 16.5. The van der Waals surface area contributed by atoms with Crippen molar-refractivity contribution >= 4 is 17.3 Å². The van der Waals surface area contributed by atoms with Crippen LogP contribution in [0.5, 0.6) is 0 Å². The molecule has 5 nitrogen and oxygen atoms in total. The molecule has 1 amide bonds. The van der Waals surface area contributed by atoms with Gasteiger partial charge in [0.15, 0.2) is 0 Å². The molecule has 0 saturated carbocycles. The van der Waals surface area contributed by atoms with Gasteiger partial charge < -0.3 is 21.1 Å². The Labute approximate surface area is 120 Å². The normalized spacial score (nSPS) is 12.2. The number of benzene rings is 1. The molecule has 1 rings (SSSR count). The quantitative estimate of drug-likeness (QED) is 0.679. The lowest BCUT2D eigenvalue weighted by molar-refractivity contribution is -0.119. The number of methoxy groups -OCH3 is 1. The molecule has 0 radical (unpaired) electrons. The molecular weight excluding hydrogens is 254 g/mol. The third-order valence-electron chi connectivity index (χ3n) is 3.26. The van der Waals surface area contributed by atoms with Crippen molar-refractivity contribution in [2.75, 3.05) is 37.4 Å². The summed E-state index contributed by atoms with van der Waals surface area (Å²) in [5.41, 5.74) is 7.53. The van der Waals surface area contributed by atoms with Crippen LogP contribution in [0, 0.1) is 11.8 Å². The topological polar surface area (TPSA) is 76.4 Å². The molecule has 20 heavy (non-hydrogen) atoms. The molecule has 0 bridgehead atoms. The molecule has 0 fully saturated rings. The predicted molar refractivity (Wildman–Crippen MR) is 82.8 cm³/mol. The van der Waals surface area contributed by atoms with Crippen LogP contribution in [0.25, 0.3) is 0 Å². The minimum absolute atomic E-state index is 0.0621. The zero-order valence-electron chi connectivity index (χ0n) is 12.5. The van der Waals surface area contributed by atoms with Crippen molar-refractivity contribution in [2.24, 2.45) is 17.6 Å². The highest BCUT2D eigenvalue weighted by Crippen LogP contribution is 2.15. The van der Waals surface area contributed by atoms with E-state index < -0.39 is 0 Å². The number of amides is 1. The van der Waals surface area contributed by atoms with Gasteiger partial charge in [-0.2, -0.15) is 0 Å². The summed E-state index contributed by atoms with van der Waals surface area (Å²) in [5, 5.41) is 6.12. The van der Waals surface area contributed by atoms with Crippen molar-refractivity contribution in [3.63, 3.8) is 0 Å². The fourth-order valence-corrected chi connectivity index (χ4v) is 1.84. The van der Waals surface area contributed by atoms with Crippen molar-refractivity contribution in [1.82, 2.24) is 0 Å². The summed E-state index contributed by atoms with van der Waals surface area (Å²) in [5.74, 6) is 0.854. The molecule has 5 heteroatoms. The molecule has 0 saturated heterocycles. The zero-order valence-corrected chi connectivity index (χ0v) is 12.5. The maximum Gasteiger partial charge on any atom is 0.250 e. The fourth-order valence-electron chi connectivity index (χ4n) is 1.84. The molecular formula is C15H25N3O2. The van der Waals surface area contributed by atoms with Gasteiger partial charge in [0, 0.05) is 25.0 Å². The molecule has 1 unspecified atom stereocenters. The molecule has 112 valence electrons. The first-order valence-electron chi connectivity index (χ1n) is 6.89. The smallest absolute Gasteiger partial charge is 0.250 e. The molecule has 0 spiro atoms. The van der Waals surface area contributed by atoms with Crippen LogP contribution < -0.4 is 16.4 Å². The van der Waals surface area contributed by atoms with Crippen molar-refractivity contribution in [3.8, 4) is 0 Å². The number of carbonyl (C=O) groups is 1. The number of hydrogen-bond acceptors (Lipinski definition) is 4. The number of nitrogens with two attached hydrogens (primary N) is 1. The predicted octanol–water partition coefficient (Wildman–Crippen LogP) is 1.91. The number of rotatable bonds is 8. The molecule has 0 aliphatic carbocycles. The van der Waals surface area contributed by atoms with Crippen molar-refractivity contribution in [2.45, 2.75) is 13.8 Å². The first-order chi connectivity index (χ1) is 9.56. The van der Waals surface area contributed by atoms with E-state index in [-0.39, 0.29) is 12.5 Å². The van der Waals surface area contributed by atoms with E-state index in [4.69, 9.17) is 10.5 Å². The van der Waals surface area contributed by atoms with Gasteiger partial charge >= 0.3 is 0 Å². The van der Waals surface area contributed by atoms with Gasteiger partial charge in [0.2, 0.25) is 5.91 Å². The summed E-state index contributed by atoms with van der Waals surface area (Å²) in [6, 6.07) is 7.61. The van der Waals surface area contributed by atoms with Gasteiger partial charge in [0.25, 0.3) is 0 Å². The molecule has 1 atom stereocenters. The molecule has 4 N–H and O–H groups in total. The van der Waals surface area contributed by atoms with Gasteiger partial charge in [-0.15, -0.1) is 0 Å². The highest BCUT2D eigenvalue weighted by Gasteiger charge is 2.10. The Kier molecular flexibility index (Phi) is 7.04. The molecule has 0 aliphatic rings. The van der Waals surface area contributed by atoms with E-state index in [1.165, 1.54) is 7.11 Å². The van der Waals surface area contributed by atoms with E-state index in [1.807, 2.05) is 24.3 Å². The summed E-state index contributed by atoms with van der Waals surface area (Å²) in [6.07, 6.45) is 0. The van der Waals surface area contributed by atoms with Gasteiger partial charge in [0.05, 0.1) is 0 Å². The minimum atomic E-state index is -0.156. The van der Waals surface area contributed by atoms with E-state index in [1.54, 1.807) is 0 Å². The number of ether oxygens (including phenoxy) is 1. The van der Waals surface area contributed by atoms with Crippen LogP contribution in [-0.4, -0.2) is 32.7 Å². The standard InChI is InChI=1S/C15H25N3O2/c1-11(2)12(8-16)9-17-13-4-6-14(7-5-13)18-15(19)10-20-3/h4-7,11-12,17H,8-10,16H2,1-3H3,(H,18,19). The average Bonchev–Trinajstić information content (AvgIpc) is 2.41. The number of anilines is 2. The Morgan fingerprint density at radius 1 is 1.25 bits per heavy atom. The Morgan fingerprint density at radius 2 is 1.85 bits per heavy atom. The van der Waals surface area contributed by atoms with Gasteiger partial charge in [-0.25, -0.2) is 0 Å².